The van der Waals surface area contributed by atoms with E-state index in [2.05, 4.69) is 62.5 Å². The summed E-state index contributed by atoms with van der Waals surface area (Å²) in [5.41, 5.74) is 0. The van der Waals surface area contributed by atoms with Gasteiger partial charge in [0.05, 0.1) is 27.7 Å². The quantitative estimate of drug-likeness (QED) is 0.0195. The van der Waals surface area contributed by atoms with Crippen molar-refractivity contribution in [3.8, 4) is 0 Å². The molecule has 0 aromatic heterocycles. The number of phosphoric ester groups is 1. The van der Waals surface area contributed by atoms with Crippen molar-refractivity contribution < 1.29 is 42.1 Å². The molecule has 10 heteroatoms. The predicted octanol–water partition coefficient (Wildman–Crippen LogP) is 14.4. The molecular formula is C52H96NO8P. The number of unbranched alkanes of at least 4 members (excludes halogenated alkanes) is 24. The molecule has 0 fully saturated rings. The Bertz CT molecular complexity index is 1190. The van der Waals surface area contributed by atoms with E-state index in [0.717, 1.165) is 70.6 Å². The highest BCUT2D eigenvalue weighted by Gasteiger charge is 2.21. The number of nitrogens with zero attached hydrogens (tertiary/aromatic N) is 1. The van der Waals surface area contributed by atoms with E-state index in [1.807, 2.05) is 21.1 Å². The van der Waals surface area contributed by atoms with Gasteiger partial charge in [0.15, 0.2) is 6.10 Å². The van der Waals surface area contributed by atoms with Crippen molar-refractivity contribution in [2.24, 2.45) is 0 Å². The summed E-state index contributed by atoms with van der Waals surface area (Å²) in [6, 6.07) is 0. The van der Waals surface area contributed by atoms with Gasteiger partial charge in [0.25, 0.3) is 7.82 Å². The van der Waals surface area contributed by atoms with Gasteiger partial charge >= 0.3 is 11.9 Å². The lowest BCUT2D eigenvalue weighted by molar-refractivity contribution is -0.870. The number of carbonyl (C=O) groups excluding carboxylic acids is 2. The highest BCUT2D eigenvalue weighted by atomic mass is 31.2. The minimum absolute atomic E-state index is 0.0362. The lowest BCUT2D eigenvalue weighted by Gasteiger charge is -2.28. The lowest BCUT2D eigenvalue weighted by atomic mass is 10.0. The minimum Gasteiger partial charge on any atom is -0.756 e. The highest BCUT2D eigenvalue weighted by molar-refractivity contribution is 7.45. The van der Waals surface area contributed by atoms with Crippen LogP contribution in [0.1, 0.15) is 219 Å². The first-order chi connectivity index (χ1) is 30.0. The Morgan fingerprint density at radius 3 is 1.37 bits per heavy atom. The van der Waals surface area contributed by atoms with Gasteiger partial charge in [-0.3, -0.25) is 14.2 Å². The molecule has 62 heavy (non-hydrogen) atoms. The van der Waals surface area contributed by atoms with E-state index < -0.39 is 26.5 Å². The second-order valence-electron chi connectivity index (χ2n) is 18.2. The van der Waals surface area contributed by atoms with Crippen molar-refractivity contribution >= 4 is 19.8 Å². The maximum absolute atomic E-state index is 12.7. The largest absolute Gasteiger partial charge is 0.756 e. The van der Waals surface area contributed by atoms with Gasteiger partial charge in [0, 0.05) is 12.8 Å². The standard InChI is InChI=1S/C52H96NO8P/c1-6-8-10-12-14-16-18-20-22-24-25-26-27-29-30-32-34-36-38-40-42-44-51(54)58-48-50(49-60-62(56,57)59-47-46-53(3,4)5)61-52(55)45-43-41-39-37-35-33-31-28-23-21-19-17-15-13-11-9-7-2/h9,11,15,17,21,23,31,33,50H,6-8,10,12-14,16,18-20,22,24-30,32,34-49H2,1-5H3/b11-9-,17-15-,23-21-,33-31-. The molecule has 0 heterocycles. The zero-order valence-corrected chi connectivity index (χ0v) is 41.7. The van der Waals surface area contributed by atoms with Crippen LogP contribution in [0.15, 0.2) is 48.6 Å². The van der Waals surface area contributed by atoms with Crippen molar-refractivity contribution in [1.29, 1.82) is 0 Å². The number of esters is 2. The topological polar surface area (TPSA) is 111 Å². The number of allylic oxidation sites excluding steroid dienone is 8. The first-order valence-electron chi connectivity index (χ1n) is 25.3. The number of ether oxygens (including phenoxy) is 2. The van der Waals surface area contributed by atoms with E-state index >= 15 is 0 Å². The maximum atomic E-state index is 12.7. The third-order valence-electron chi connectivity index (χ3n) is 10.9. The molecule has 9 nitrogen and oxygen atoms in total. The number of hydrogen-bond acceptors (Lipinski definition) is 8. The van der Waals surface area contributed by atoms with Gasteiger partial charge in [0.2, 0.25) is 0 Å². The Kier molecular flexibility index (Phi) is 42.7. The van der Waals surface area contributed by atoms with E-state index in [-0.39, 0.29) is 32.0 Å². The van der Waals surface area contributed by atoms with Gasteiger partial charge in [0.1, 0.15) is 19.8 Å². The van der Waals surface area contributed by atoms with Gasteiger partial charge in [-0.15, -0.1) is 0 Å². The average molecular weight is 894 g/mol. The Labute approximate surface area is 382 Å². The monoisotopic (exact) mass is 894 g/mol. The third kappa shape index (κ3) is 47.4. The van der Waals surface area contributed by atoms with E-state index in [1.54, 1.807) is 0 Å². The van der Waals surface area contributed by atoms with Gasteiger partial charge < -0.3 is 27.9 Å². The lowest BCUT2D eigenvalue weighted by Crippen LogP contribution is -2.37. The molecule has 0 saturated carbocycles. The predicted molar refractivity (Wildman–Crippen MR) is 259 cm³/mol. The minimum atomic E-state index is -4.64. The number of quaternary nitrogens is 1. The Morgan fingerprint density at radius 2 is 0.919 bits per heavy atom. The molecule has 0 amide bonds. The molecule has 0 aromatic carbocycles. The Morgan fingerprint density at radius 1 is 0.516 bits per heavy atom. The number of phosphoric acid groups is 1. The molecule has 0 spiro atoms. The molecule has 0 saturated heterocycles. The second kappa shape index (κ2) is 44.2. The molecule has 2 unspecified atom stereocenters. The van der Waals surface area contributed by atoms with Crippen LogP contribution in [-0.4, -0.2) is 70.0 Å². The van der Waals surface area contributed by atoms with Crippen LogP contribution in [0.5, 0.6) is 0 Å². The number of rotatable bonds is 46. The summed E-state index contributed by atoms with van der Waals surface area (Å²) in [5, 5.41) is 0. The summed E-state index contributed by atoms with van der Waals surface area (Å²) in [5.74, 6) is -0.855. The molecule has 0 aliphatic heterocycles. The maximum Gasteiger partial charge on any atom is 0.306 e. The van der Waals surface area contributed by atoms with E-state index in [0.29, 0.717) is 17.4 Å². The first-order valence-corrected chi connectivity index (χ1v) is 26.8. The highest BCUT2D eigenvalue weighted by Crippen LogP contribution is 2.38. The molecule has 0 N–H and O–H groups in total. The summed E-state index contributed by atoms with van der Waals surface area (Å²) in [4.78, 5) is 37.7. The molecule has 362 valence electrons. The molecule has 0 bridgehead atoms. The zero-order valence-electron chi connectivity index (χ0n) is 40.8. The van der Waals surface area contributed by atoms with Crippen LogP contribution in [0.2, 0.25) is 0 Å². The smallest absolute Gasteiger partial charge is 0.306 e. The van der Waals surface area contributed by atoms with Gasteiger partial charge in [-0.2, -0.15) is 0 Å². The van der Waals surface area contributed by atoms with Crippen molar-refractivity contribution in [3.05, 3.63) is 48.6 Å². The normalized spacial score (nSPS) is 13.8. The number of hydrogen-bond donors (Lipinski definition) is 0. The fourth-order valence-electron chi connectivity index (χ4n) is 6.94. The van der Waals surface area contributed by atoms with E-state index in [1.165, 1.54) is 116 Å². The summed E-state index contributed by atoms with van der Waals surface area (Å²) in [7, 11) is 1.15. The molecule has 0 aliphatic rings. The van der Waals surface area contributed by atoms with Crippen molar-refractivity contribution in [2.75, 3.05) is 47.5 Å². The number of likely N-dealkylation sites (N-methyl/N-ethyl adjacent to an activating group) is 1. The van der Waals surface area contributed by atoms with Gasteiger partial charge in [-0.1, -0.05) is 204 Å². The molecule has 0 rings (SSSR count). The fourth-order valence-corrected chi connectivity index (χ4v) is 7.67. The fraction of sp³-hybridized carbons (Fsp3) is 0.808. The first kappa shape index (κ1) is 60.0. The van der Waals surface area contributed by atoms with E-state index in [4.69, 9.17) is 18.5 Å². The number of carbonyl (C=O) groups is 2. The molecule has 2 atom stereocenters. The van der Waals surface area contributed by atoms with Gasteiger partial charge in [-0.05, 0) is 51.4 Å². The summed E-state index contributed by atoms with van der Waals surface area (Å²) >= 11 is 0. The van der Waals surface area contributed by atoms with Crippen LogP contribution in [0.25, 0.3) is 0 Å². The van der Waals surface area contributed by atoms with Crippen LogP contribution >= 0.6 is 7.82 Å². The zero-order chi connectivity index (χ0) is 45.7. The molecule has 0 radical (unpaired) electrons. The van der Waals surface area contributed by atoms with Crippen molar-refractivity contribution in [1.82, 2.24) is 0 Å². The molecular weight excluding hydrogens is 798 g/mol. The van der Waals surface area contributed by atoms with Crippen molar-refractivity contribution in [2.45, 2.75) is 225 Å². The van der Waals surface area contributed by atoms with Crippen LogP contribution < -0.4 is 4.89 Å². The van der Waals surface area contributed by atoms with Crippen LogP contribution in [0, 0.1) is 0 Å². The average Bonchev–Trinajstić information content (AvgIpc) is 3.23. The summed E-state index contributed by atoms with van der Waals surface area (Å²) in [6.07, 6.45) is 52.9. The van der Waals surface area contributed by atoms with Crippen LogP contribution in [-0.2, 0) is 32.7 Å². The SMILES string of the molecule is CC/C=C\C/C=C\C/C=C\C/C=C\CCCCCCC(=O)OC(COC(=O)CCCCCCCCCCCCCCCCCCCCCCC)COP(=O)([O-])OCC[N+](C)(C)C. The molecule has 0 aromatic rings. The third-order valence-corrected chi connectivity index (χ3v) is 11.8. The summed E-state index contributed by atoms with van der Waals surface area (Å²) < 4.78 is 34.0. The van der Waals surface area contributed by atoms with E-state index in [9.17, 15) is 19.0 Å². The summed E-state index contributed by atoms with van der Waals surface area (Å²) in [6.45, 7) is 4.11. The van der Waals surface area contributed by atoms with Crippen molar-refractivity contribution in [3.63, 3.8) is 0 Å². The second-order valence-corrected chi connectivity index (χ2v) is 19.6. The van der Waals surface area contributed by atoms with Crippen LogP contribution in [0.3, 0.4) is 0 Å². The van der Waals surface area contributed by atoms with Gasteiger partial charge in [-0.25, -0.2) is 0 Å². The Balaban J connectivity index is 4.26. The Hall–Kier alpha value is -2.03. The molecule has 0 aliphatic carbocycles. The van der Waals surface area contributed by atoms with Crippen LogP contribution in [0.4, 0.5) is 0 Å².